The number of carbonyl (C=O) groups is 1. The zero-order valence-corrected chi connectivity index (χ0v) is 8.66. The quantitative estimate of drug-likeness (QED) is 0.728. The van der Waals surface area contributed by atoms with Crippen molar-refractivity contribution in [2.24, 2.45) is 0 Å². The molecule has 0 unspecified atom stereocenters. The minimum atomic E-state index is -0.914. The van der Waals surface area contributed by atoms with Crippen LogP contribution >= 0.6 is 0 Å². The highest BCUT2D eigenvalue weighted by molar-refractivity contribution is 5.85. The van der Waals surface area contributed by atoms with Crippen LogP contribution in [0.3, 0.4) is 0 Å². The van der Waals surface area contributed by atoms with E-state index < -0.39 is 5.97 Å². The van der Waals surface area contributed by atoms with Crippen LogP contribution in [0.2, 0.25) is 0 Å². The second kappa shape index (κ2) is 4.09. The summed E-state index contributed by atoms with van der Waals surface area (Å²) in [4.78, 5) is 10.3. The second-order valence-electron chi connectivity index (χ2n) is 3.46. The molecule has 1 N–H and O–H groups in total. The van der Waals surface area contributed by atoms with Crippen LogP contribution in [0.15, 0.2) is 18.2 Å². The van der Waals surface area contributed by atoms with Gasteiger partial charge in [0.25, 0.3) is 0 Å². The lowest BCUT2D eigenvalue weighted by molar-refractivity contribution is -0.131. The Labute approximate surface area is 83.9 Å². The number of hydrogen-bond acceptors (Lipinski definition) is 1. The Bertz CT molecular complexity index is 390. The van der Waals surface area contributed by atoms with Crippen molar-refractivity contribution in [2.45, 2.75) is 20.8 Å². The van der Waals surface area contributed by atoms with Crippen molar-refractivity contribution in [3.8, 4) is 0 Å². The number of benzene rings is 1. The third kappa shape index (κ3) is 2.46. The molecule has 0 bridgehead atoms. The topological polar surface area (TPSA) is 37.3 Å². The first-order valence-electron chi connectivity index (χ1n) is 4.49. The zero-order chi connectivity index (χ0) is 10.7. The summed E-state index contributed by atoms with van der Waals surface area (Å²) in [5, 5.41) is 8.50. The van der Waals surface area contributed by atoms with Crippen molar-refractivity contribution >= 4 is 12.0 Å². The van der Waals surface area contributed by atoms with Gasteiger partial charge in [0.05, 0.1) is 0 Å². The van der Waals surface area contributed by atoms with E-state index in [1.807, 2.05) is 26.8 Å². The van der Waals surface area contributed by atoms with E-state index in [-0.39, 0.29) is 0 Å². The molecule has 0 radical (unpaired) electrons. The maximum Gasteiger partial charge on any atom is 0.328 e. The molecular formula is C12H14O2. The Morgan fingerprint density at radius 2 is 1.71 bits per heavy atom. The number of aryl methyl sites for hydroxylation is 3. The predicted molar refractivity (Wildman–Crippen MR) is 57.3 cm³/mol. The number of rotatable bonds is 2. The average Bonchev–Trinajstić information content (AvgIpc) is 2.09. The molecular weight excluding hydrogens is 176 g/mol. The molecule has 1 rings (SSSR count). The van der Waals surface area contributed by atoms with Crippen molar-refractivity contribution in [3.05, 3.63) is 40.5 Å². The van der Waals surface area contributed by atoms with Gasteiger partial charge in [-0.1, -0.05) is 12.1 Å². The molecule has 0 aromatic heterocycles. The summed E-state index contributed by atoms with van der Waals surface area (Å²) in [6.07, 6.45) is 2.79. The van der Waals surface area contributed by atoms with Gasteiger partial charge in [-0.05, 0) is 49.1 Å². The van der Waals surface area contributed by atoms with Gasteiger partial charge in [0.2, 0.25) is 0 Å². The van der Waals surface area contributed by atoms with Crippen LogP contribution in [0, 0.1) is 20.8 Å². The third-order valence-corrected chi connectivity index (χ3v) is 2.29. The van der Waals surface area contributed by atoms with Crippen molar-refractivity contribution in [2.75, 3.05) is 0 Å². The molecule has 2 heteroatoms. The van der Waals surface area contributed by atoms with Crippen LogP contribution < -0.4 is 0 Å². The van der Waals surface area contributed by atoms with Gasteiger partial charge >= 0.3 is 5.97 Å². The van der Waals surface area contributed by atoms with Crippen LogP contribution in [0.5, 0.6) is 0 Å². The van der Waals surface area contributed by atoms with Gasteiger partial charge in [-0.3, -0.25) is 0 Å². The number of hydrogen-bond donors (Lipinski definition) is 1. The Balaban J connectivity index is 3.10. The maximum atomic E-state index is 10.3. The maximum absolute atomic E-state index is 10.3. The Morgan fingerprint density at radius 1 is 1.14 bits per heavy atom. The molecule has 0 heterocycles. The summed E-state index contributed by atoms with van der Waals surface area (Å²) in [5.41, 5.74) is 4.48. The average molecular weight is 190 g/mol. The molecule has 0 amide bonds. The fourth-order valence-electron chi connectivity index (χ4n) is 1.32. The van der Waals surface area contributed by atoms with Crippen molar-refractivity contribution in [1.82, 2.24) is 0 Å². The van der Waals surface area contributed by atoms with Crippen molar-refractivity contribution in [1.29, 1.82) is 0 Å². The summed E-state index contributed by atoms with van der Waals surface area (Å²) >= 11 is 0. The van der Waals surface area contributed by atoms with Crippen LogP contribution in [0.1, 0.15) is 22.3 Å². The van der Waals surface area contributed by atoms with Crippen LogP contribution in [-0.2, 0) is 4.79 Å². The minimum absolute atomic E-state index is 0.914. The Hall–Kier alpha value is -1.57. The largest absolute Gasteiger partial charge is 0.478 e. The Kier molecular flexibility index (Phi) is 3.07. The third-order valence-electron chi connectivity index (χ3n) is 2.29. The zero-order valence-electron chi connectivity index (χ0n) is 8.66. The first-order chi connectivity index (χ1) is 6.50. The summed E-state index contributed by atoms with van der Waals surface area (Å²) in [7, 11) is 0. The van der Waals surface area contributed by atoms with Crippen LogP contribution in [0.25, 0.3) is 6.08 Å². The lowest BCUT2D eigenvalue weighted by Gasteiger charge is -2.05. The molecule has 1 aromatic rings. The van der Waals surface area contributed by atoms with Gasteiger partial charge in [0.1, 0.15) is 0 Å². The first kappa shape index (κ1) is 10.5. The Morgan fingerprint density at radius 3 is 2.29 bits per heavy atom. The van der Waals surface area contributed by atoms with Crippen LogP contribution in [-0.4, -0.2) is 11.1 Å². The molecule has 0 spiro atoms. The molecule has 0 aliphatic rings. The van der Waals surface area contributed by atoms with Gasteiger partial charge < -0.3 is 5.11 Å². The minimum Gasteiger partial charge on any atom is -0.478 e. The summed E-state index contributed by atoms with van der Waals surface area (Å²) in [6, 6.07) is 4.07. The van der Waals surface area contributed by atoms with E-state index in [9.17, 15) is 4.79 Å². The number of aliphatic carboxylic acids is 1. The fraction of sp³-hybridized carbons (Fsp3) is 0.250. The lowest BCUT2D eigenvalue weighted by Crippen LogP contribution is -1.90. The summed E-state index contributed by atoms with van der Waals surface area (Å²) in [5.74, 6) is -0.914. The van der Waals surface area contributed by atoms with Crippen LogP contribution in [0.4, 0.5) is 0 Å². The highest BCUT2D eigenvalue weighted by Gasteiger charge is 1.99. The number of carboxylic acid groups (broad SMARTS) is 1. The van der Waals surface area contributed by atoms with Gasteiger partial charge in [0.15, 0.2) is 0 Å². The SMILES string of the molecule is Cc1cc(C)c(/C=C/C(=O)O)cc1C. The van der Waals surface area contributed by atoms with E-state index >= 15 is 0 Å². The van der Waals surface area contributed by atoms with Gasteiger partial charge in [-0.2, -0.15) is 0 Å². The molecule has 2 nitrogen and oxygen atoms in total. The predicted octanol–water partition coefficient (Wildman–Crippen LogP) is 2.71. The van der Waals surface area contributed by atoms with Gasteiger partial charge in [0, 0.05) is 6.08 Å². The van der Waals surface area contributed by atoms with Crippen molar-refractivity contribution in [3.63, 3.8) is 0 Å². The molecule has 1 aromatic carbocycles. The molecule has 0 saturated heterocycles. The second-order valence-corrected chi connectivity index (χ2v) is 3.46. The lowest BCUT2D eigenvalue weighted by atomic mass is 10.0. The molecule has 0 fully saturated rings. The molecule has 0 atom stereocenters. The summed E-state index contributed by atoms with van der Waals surface area (Å²) < 4.78 is 0. The highest BCUT2D eigenvalue weighted by atomic mass is 16.4. The smallest absolute Gasteiger partial charge is 0.328 e. The standard InChI is InChI=1S/C12H14O2/c1-8-6-10(3)11(7-9(8)2)4-5-12(13)14/h4-7H,1-3H3,(H,13,14)/b5-4+. The van der Waals surface area contributed by atoms with E-state index in [0.717, 1.165) is 17.2 Å². The summed E-state index contributed by atoms with van der Waals surface area (Å²) in [6.45, 7) is 6.05. The monoisotopic (exact) mass is 190 g/mol. The fourth-order valence-corrected chi connectivity index (χ4v) is 1.32. The molecule has 0 saturated carbocycles. The van der Waals surface area contributed by atoms with Gasteiger partial charge in [-0.15, -0.1) is 0 Å². The van der Waals surface area contributed by atoms with Crippen molar-refractivity contribution < 1.29 is 9.90 Å². The molecule has 0 aliphatic carbocycles. The van der Waals surface area contributed by atoms with E-state index in [2.05, 4.69) is 6.07 Å². The van der Waals surface area contributed by atoms with E-state index in [0.29, 0.717) is 0 Å². The molecule has 0 aliphatic heterocycles. The normalized spacial score (nSPS) is 10.8. The highest BCUT2D eigenvalue weighted by Crippen LogP contribution is 2.16. The van der Waals surface area contributed by atoms with E-state index in [1.165, 1.54) is 11.1 Å². The van der Waals surface area contributed by atoms with E-state index in [1.54, 1.807) is 6.08 Å². The van der Waals surface area contributed by atoms with Gasteiger partial charge in [-0.25, -0.2) is 4.79 Å². The first-order valence-corrected chi connectivity index (χ1v) is 4.49. The molecule has 14 heavy (non-hydrogen) atoms. The number of carboxylic acids is 1. The van der Waals surface area contributed by atoms with E-state index in [4.69, 9.17) is 5.11 Å². The molecule has 74 valence electrons.